The maximum Gasteiger partial charge on any atom is 0.261 e. The van der Waals surface area contributed by atoms with E-state index in [4.69, 9.17) is 0 Å². The van der Waals surface area contributed by atoms with Crippen molar-refractivity contribution >= 4 is 29.3 Å². The van der Waals surface area contributed by atoms with Gasteiger partial charge in [0.2, 0.25) is 5.91 Å². The average molecular weight is 421 g/mol. The standard InChI is InChI=1S/C24H27N3O4/c1-4-6-12-27-23(30)20-11-10-18(14-21(20)24(27)31)22(29)25-19-9-7-8-17(13-19)15-26(5-2)16(3)28/h7-11,13-14H,4-6,12,15H2,1-3H3,(H,25,29). The first-order valence-corrected chi connectivity index (χ1v) is 10.5. The zero-order valence-corrected chi connectivity index (χ0v) is 18.1. The number of fused-ring (bicyclic) bond motifs is 1. The SMILES string of the molecule is CCCCN1C(=O)c2ccc(C(=O)Nc3cccc(CN(CC)C(C)=O)c3)cc2C1=O. The summed E-state index contributed by atoms with van der Waals surface area (Å²) in [6.07, 6.45) is 1.62. The Balaban J connectivity index is 1.75. The van der Waals surface area contributed by atoms with Crippen LogP contribution in [0.2, 0.25) is 0 Å². The third-order valence-electron chi connectivity index (χ3n) is 5.35. The van der Waals surface area contributed by atoms with E-state index in [0.29, 0.717) is 36.4 Å². The number of benzene rings is 2. The smallest absolute Gasteiger partial charge is 0.261 e. The molecular weight excluding hydrogens is 394 g/mol. The highest BCUT2D eigenvalue weighted by Crippen LogP contribution is 2.25. The van der Waals surface area contributed by atoms with Crippen LogP contribution in [0.15, 0.2) is 42.5 Å². The number of anilines is 1. The molecule has 0 fully saturated rings. The molecule has 7 nitrogen and oxygen atoms in total. The van der Waals surface area contributed by atoms with Crippen molar-refractivity contribution in [2.75, 3.05) is 18.4 Å². The monoisotopic (exact) mass is 421 g/mol. The highest BCUT2D eigenvalue weighted by atomic mass is 16.2. The molecule has 4 amide bonds. The fourth-order valence-corrected chi connectivity index (χ4v) is 3.57. The largest absolute Gasteiger partial charge is 0.339 e. The molecule has 0 atom stereocenters. The Labute approximate surface area is 182 Å². The van der Waals surface area contributed by atoms with E-state index in [1.54, 1.807) is 23.1 Å². The summed E-state index contributed by atoms with van der Waals surface area (Å²) in [7, 11) is 0. The molecule has 1 aliphatic rings. The molecule has 0 saturated carbocycles. The molecule has 0 bridgehead atoms. The Kier molecular flexibility index (Phi) is 6.84. The molecule has 0 spiro atoms. The fraction of sp³-hybridized carbons (Fsp3) is 0.333. The maximum absolute atomic E-state index is 12.8. The Morgan fingerprint density at radius 3 is 2.42 bits per heavy atom. The van der Waals surface area contributed by atoms with E-state index < -0.39 is 0 Å². The number of imide groups is 1. The zero-order valence-electron chi connectivity index (χ0n) is 18.1. The van der Waals surface area contributed by atoms with Gasteiger partial charge in [0, 0.05) is 37.8 Å². The number of hydrogen-bond acceptors (Lipinski definition) is 4. The minimum Gasteiger partial charge on any atom is -0.339 e. The summed E-state index contributed by atoms with van der Waals surface area (Å²) in [6, 6.07) is 11.9. The van der Waals surface area contributed by atoms with Crippen molar-refractivity contribution in [3.63, 3.8) is 0 Å². The van der Waals surface area contributed by atoms with Gasteiger partial charge in [0.1, 0.15) is 0 Å². The van der Waals surface area contributed by atoms with Gasteiger partial charge >= 0.3 is 0 Å². The Hall–Kier alpha value is -3.48. The first-order chi connectivity index (χ1) is 14.8. The van der Waals surface area contributed by atoms with Gasteiger partial charge in [0.05, 0.1) is 11.1 Å². The molecule has 1 aliphatic heterocycles. The van der Waals surface area contributed by atoms with Crippen molar-refractivity contribution in [1.82, 2.24) is 9.80 Å². The van der Waals surface area contributed by atoms with E-state index in [-0.39, 0.29) is 29.2 Å². The summed E-state index contributed by atoms with van der Waals surface area (Å²) >= 11 is 0. The number of nitrogens with zero attached hydrogens (tertiary/aromatic N) is 2. The fourth-order valence-electron chi connectivity index (χ4n) is 3.57. The Morgan fingerprint density at radius 2 is 1.74 bits per heavy atom. The van der Waals surface area contributed by atoms with Crippen LogP contribution in [0.25, 0.3) is 0 Å². The highest BCUT2D eigenvalue weighted by Gasteiger charge is 2.35. The lowest BCUT2D eigenvalue weighted by molar-refractivity contribution is -0.129. The topological polar surface area (TPSA) is 86.8 Å². The summed E-state index contributed by atoms with van der Waals surface area (Å²) in [5.41, 5.74) is 2.40. The van der Waals surface area contributed by atoms with Crippen LogP contribution < -0.4 is 5.32 Å². The van der Waals surface area contributed by atoms with E-state index in [1.807, 2.05) is 32.0 Å². The number of nitrogens with one attached hydrogen (secondary N) is 1. The molecule has 0 saturated heterocycles. The van der Waals surface area contributed by atoms with Gasteiger partial charge in [-0.1, -0.05) is 25.5 Å². The molecule has 0 unspecified atom stereocenters. The first-order valence-electron chi connectivity index (χ1n) is 10.5. The summed E-state index contributed by atoms with van der Waals surface area (Å²) in [5.74, 6) is -1.04. The quantitative estimate of drug-likeness (QED) is 0.659. The van der Waals surface area contributed by atoms with Crippen LogP contribution in [0.3, 0.4) is 0 Å². The molecule has 31 heavy (non-hydrogen) atoms. The van der Waals surface area contributed by atoms with Crippen molar-refractivity contribution in [3.05, 3.63) is 64.7 Å². The van der Waals surface area contributed by atoms with Crippen LogP contribution in [0.4, 0.5) is 5.69 Å². The second-order valence-corrected chi connectivity index (χ2v) is 7.56. The third kappa shape index (κ3) is 4.82. The normalized spacial score (nSPS) is 12.7. The minimum atomic E-state index is -0.369. The second kappa shape index (κ2) is 9.55. The van der Waals surface area contributed by atoms with Crippen molar-refractivity contribution < 1.29 is 19.2 Å². The summed E-state index contributed by atoms with van der Waals surface area (Å²) in [6.45, 7) is 6.87. The molecule has 162 valence electrons. The number of rotatable bonds is 8. The highest BCUT2D eigenvalue weighted by molar-refractivity contribution is 6.22. The van der Waals surface area contributed by atoms with Crippen molar-refractivity contribution in [1.29, 1.82) is 0 Å². The number of amides is 4. The molecule has 0 aliphatic carbocycles. The lowest BCUT2D eigenvalue weighted by Crippen LogP contribution is -2.30. The number of hydrogen-bond donors (Lipinski definition) is 1. The van der Waals surface area contributed by atoms with Crippen LogP contribution in [0.5, 0.6) is 0 Å². The van der Waals surface area contributed by atoms with Gasteiger partial charge in [-0.3, -0.25) is 24.1 Å². The van der Waals surface area contributed by atoms with Crippen LogP contribution in [-0.2, 0) is 11.3 Å². The molecule has 0 aromatic heterocycles. The van der Waals surface area contributed by atoms with Gasteiger partial charge in [-0.15, -0.1) is 0 Å². The van der Waals surface area contributed by atoms with Crippen LogP contribution in [0.1, 0.15) is 70.3 Å². The summed E-state index contributed by atoms with van der Waals surface area (Å²) in [4.78, 5) is 52.4. The van der Waals surface area contributed by atoms with Gasteiger partial charge in [0.15, 0.2) is 0 Å². The van der Waals surface area contributed by atoms with Crippen LogP contribution in [0, 0.1) is 0 Å². The van der Waals surface area contributed by atoms with E-state index in [0.717, 1.165) is 18.4 Å². The minimum absolute atomic E-state index is 0.0118. The maximum atomic E-state index is 12.8. The first kappa shape index (κ1) is 22.2. The van der Waals surface area contributed by atoms with Crippen LogP contribution in [-0.4, -0.2) is 46.5 Å². The molecule has 2 aromatic carbocycles. The summed E-state index contributed by atoms with van der Waals surface area (Å²) in [5, 5.41) is 2.83. The average Bonchev–Trinajstić information content (AvgIpc) is 2.99. The van der Waals surface area contributed by atoms with E-state index >= 15 is 0 Å². The Morgan fingerprint density at radius 1 is 1.00 bits per heavy atom. The van der Waals surface area contributed by atoms with Crippen LogP contribution >= 0.6 is 0 Å². The van der Waals surface area contributed by atoms with Gasteiger partial charge in [-0.2, -0.15) is 0 Å². The lowest BCUT2D eigenvalue weighted by Gasteiger charge is -2.19. The predicted molar refractivity (Wildman–Crippen MR) is 118 cm³/mol. The molecule has 1 N–H and O–H groups in total. The van der Waals surface area contributed by atoms with E-state index in [9.17, 15) is 19.2 Å². The van der Waals surface area contributed by atoms with Crippen molar-refractivity contribution in [2.24, 2.45) is 0 Å². The molecule has 7 heteroatoms. The third-order valence-corrected chi connectivity index (χ3v) is 5.35. The zero-order chi connectivity index (χ0) is 22.5. The van der Waals surface area contributed by atoms with E-state index in [2.05, 4.69) is 5.32 Å². The van der Waals surface area contributed by atoms with Crippen molar-refractivity contribution in [3.8, 4) is 0 Å². The van der Waals surface area contributed by atoms with Gasteiger partial charge in [-0.25, -0.2) is 0 Å². The lowest BCUT2D eigenvalue weighted by atomic mass is 10.1. The summed E-state index contributed by atoms with van der Waals surface area (Å²) < 4.78 is 0. The molecule has 1 heterocycles. The molecule has 3 rings (SSSR count). The number of carbonyl (C=O) groups excluding carboxylic acids is 4. The molecule has 2 aromatic rings. The second-order valence-electron chi connectivity index (χ2n) is 7.56. The van der Waals surface area contributed by atoms with Gasteiger partial charge in [-0.05, 0) is 49.2 Å². The van der Waals surface area contributed by atoms with Gasteiger partial charge < -0.3 is 10.2 Å². The van der Waals surface area contributed by atoms with Gasteiger partial charge in [0.25, 0.3) is 17.7 Å². The predicted octanol–water partition coefficient (Wildman–Crippen LogP) is 3.70. The number of carbonyl (C=O) groups is 4. The van der Waals surface area contributed by atoms with Crippen molar-refractivity contribution in [2.45, 2.75) is 40.2 Å². The number of unbranched alkanes of at least 4 members (excludes halogenated alkanes) is 1. The molecule has 0 radical (unpaired) electrons. The molecular formula is C24H27N3O4. The Bertz CT molecular complexity index is 1030. The van der Waals surface area contributed by atoms with E-state index in [1.165, 1.54) is 17.9 Å².